The summed E-state index contributed by atoms with van der Waals surface area (Å²) in [6.45, 7) is 0. The van der Waals surface area contributed by atoms with E-state index in [9.17, 15) is 46.2 Å². The molecule has 0 fully saturated rings. The molecule has 4 aromatic rings. The van der Waals surface area contributed by atoms with Crippen molar-refractivity contribution < 1.29 is 40.1 Å². The number of nitrogens with one attached hydrogen (secondary N) is 2. The minimum absolute atomic E-state index is 0.00397. The first-order valence-electron chi connectivity index (χ1n) is 12.1. The van der Waals surface area contributed by atoms with Gasteiger partial charge < -0.3 is 10.2 Å². The summed E-state index contributed by atoms with van der Waals surface area (Å²) >= 11 is 0. The second-order valence-electron chi connectivity index (χ2n) is 9.06. The zero-order chi connectivity index (χ0) is 33.2. The molecule has 0 radical (unpaired) electrons. The van der Waals surface area contributed by atoms with Crippen LogP contribution < -0.4 is 21.2 Å². The van der Waals surface area contributed by atoms with Gasteiger partial charge in [-0.25, -0.2) is 41.3 Å². The highest BCUT2D eigenvalue weighted by Crippen LogP contribution is 2.54. The Morgan fingerprint density at radius 2 is 0.778 bits per heavy atom. The van der Waals surface area contributed by atoms with Gasteiger partial charge in [-0.3, -0.25) is 20.2 Å². The van der Waals surface area contributed by atoms with Crippen molar-refractivity contribution in [3.63, 3.8) is 0 Å². The average molecular weight is 697 g/mol. The minimum atomic E-state index is -4.45. The van der Waals surface area contributed by atoms with E-state index in [-0.39, 0.29) is 42.3 Å². The monoisotopic (exact) mass is 696 g/mol. The molecule has 0 heterocycles. The molecule has 6 N–H and O–H groups in total. The quantitative estimate of drug-likeness (QED) is 0.0876. The Balaban J connectivity index is 1.41. The van der Waals surface area contributed by atoms with E-state index in [2.05, 4.69) is 10.2 Å². The van der Waals surface area contributed by atoms with E-state index < -0.39 is 44.9 Å². The number of hydrogen-bond donors (Lipinski definition) is 4. The van der Waals surface area contributed by atoms with Crippen molar-refractivity contribution in [2.24, 2.45) is 11.0 Å². The number of sulfone groups is 2. The fraction of sp³-hybridized carbons (Fsp3) is 0. The number of hydrogen-bond acceptors (Lipinski definition) is 11. The fourth-order valence-corrected chi connectivity index (χ4v) is 9.07. The Kier molecular flexibility index (Phi) is 9.27. The number of non-ortho nitro benzene ring substituents is 2. The first-order valence-corrected chi connectivity index (χ1v) is 18.5. The Labute approximate surface area is 255 Å². The number of benzene rings is 4. The van der Waals surface area contributed by atoms with Gasteiger partial charge >= 0.3 is 15.3 Å². The fourth-order valence-electron chi connectivity index (χ4n) is 3.76. The highest BCUT2D eigenvalue weighted by molar-refractivity contribution is 7.91. The van der Waals surface area contributed by atoms with Crippen LogP contribution in [-0.4, -0.2) is 26.7 Å². The summed E-state index contributed by atoms with van der Waals surface area (Å²) < 4.78 is 82.0. The number of nitro groups is 2. The topological polar surface area (TPSA) is 274 Å². The van der Waals surface area contributed by atoms with E-state index in [0.29, 0.717) is 0 Å². The zero-order valence-electron chi connectivity index (χ0n) is 22.5. The third-order valence-corrected chi connectivity index (χ3v) is 12.5. The Morgan fingerprint density at radius 1 is 0.533 bits per heavy atom. The third-order valence-electron chi connectivity index (χ3n) is 5.86. The minimum Gasteiger partial charge on any atom is -0.303 e. The molecule has 2 atom stereocenters. The highest BCUT2D eigenvalue weighted by Gasteiger charge is 2.30. The summed E-state index contributed by atoms with van der Waals surface area (Å²) in [5.74, 6) is 0. The molecular formula is C24H22N6O11P2S2. The lowest BCUT2D eigenvalue weighted by Crippen LogP contribution is -2.15. The van der Waals surface area contributed by atoms with Crippen molar-refractivity contribution in [2.75, 3.05) is 10.2 Å². The van der Waals surface area contributed by atoms with Crippen LogP contribution in [-0.2, 0) is 33.1 Å². The number of nitrogens with two attached hydrogens (primary N) is 2. The van der Waals surface area contributed by atoms with Gasteiger partial charge in [0.25, 0.3) is 11.4 Å². The molecule has 0 amide bonds. The van der Waals surface area contributed by atoms with Crippen molar-refractivity contribution >= 4 is 57.8 Å². The molecule has 0 aliphatic heterocycles. The maximum atomic E-state index is 12.8. The molecule has 21 heteroatoms. The summed E-state index contributed by atoms with van der Waals surface area (Å²) in [7, 11) is -17.0. The lowest BCUT2D eigenvalue weighted by molar-refractivity contribution is -0.385. The molecule has 0 bridgehead atoms. The Morgan fingerprint density at radius 3 is 1.02 bits per heavy atom. The molecule has 0 aromatic heterocycles. The largest absolute Gasteiger partial charge is 0.371 e. The van der Waals surface area contributed by atoms with Crippen LogP contribution >= 0.6 is 15.3 Å². The molecule has 4 aromatic carbocycles. The molecule has 0 spiro atoms. The number of nitrogens with zero attached hydrogens (tertiary/aromatic N) is 2. The number of anilines is 2. The van der Waals surface area contributed by atoms with Crippen LogP contribution in [0.5, 0.6) is 0 Å². The van der Waals surface area contributed by atoms with Gasteiger partial charge in [-0.15, -0.1) is 0 Å². The molecule has 0 saturated heterocycles. The molecule has 0 aliphatic rings. The predicted octanol–water partition coefficient (Wildman–Crippen LogP) is 4.84. The smallest absolute Gasteiger partial charge is 0.303 e. The lowest BCUT2D eigenvalue weighted by Gasteiger charge is -2.21. The van der Waals surface area contributed by atoms with E-state index in [4.69, 9.17) is 15.3 Å². The maximum Gasteiger partial charge on any atom is 0.371 e. The SMILES string of the molecule is NP(=O)(Nc1ccc(S(=O)(=O)c2ccc([N+](=O)[O-])cc2)cc1)OP(N)(=O)Nc1ccc(S(=O)(=O)c2ccc([N+](=O)[O-])cc2)cc1. The number of rotatable bonds is 12. The molecular weight excluding hydrogens is 674 g/mol. The Hall–Kier alpha value is -4.48. The normalized spacial score (nSPS) is 14.4. The molecule has 45 heavy (non-hydrogen) atoms. The maximum absolute atomic E-state index is 12.8. The molecule has 0 aliphatic carbocycles. The van der Waals surface area contributed by atoms with Crippen LogP contribution in [0, 0.1) is 20.2 Å². The van der Waals surface area contributed by atoms with Crippen LogP contribution in [0.2, 0.25) is 0 Å². The van der Waals surface area contributed by atoms with Gasteiger partial charge in [-0.2, -0.15) is 0 Å². The summed E-state index contributed by atoms with van der Waals surface area (Å²) in [5.41, 5.74) is 10.7. The number of nitro benzene ring substituents is 2. The van der Waals surface area contributed by atoms with Crippen molar-refractivity contribution in [1.82, 2.24) is 0 Å². The molecule has 17 nitrogen and oxygen atoms in total. The summed E-state index contributed by atoms with van der Waals surface area (Å²) in [6, 6.07) is 17.9. The second-order valence-corrected chi connectivity index (χ2v) is 16.4. The average Bonchev–Trinajstić information content (AvgIpc) is 2.96. The van der Waals surface area contributed by atoms with Crippen molar-refractivity contribution in [2.45, 2.75) is 19.6 Å². The standard InChI is InChI=1S/C24H22N6O11P2S2/c25-42(35,27-17-1-9-21(10-2-17)44(37,38)23-13-5-19(6-14-23)29(31)32)41-43(26,36)28-18-3-11-22(12-4-18)45(39,40)24-15-7-20(8-16-24)30(33)34/h1-16H,(H3,25,27,35)(H3,26,28,36). The van der Waals surface area contributed by atoms with Gasteiger partial charge in [0.1, 0.15) is 0 Å². The van der Waals surface area contributed by atoms with Crippen molar-refractivity contribution in [1.29, 1.82) is 0 Å². The summed E-state index contributed by atoms with van der Waals surface area (Å²) in [4.78, 5) is 19.5. The van der Waals surface area contributed by atoms with Gasteiger partial charge in [0.05, 0.1) is 29.4 Å². The van der Waals surface area contributed by atoms with Crippen molar-refractivity contribution in [3.8, 4) is 0 Å². The van der Waals surface area contributed by atoms with Crippen LogP contribution in [0.1, 0.15) is 0 Å². The molecule has 2 unspecified atom stereocenters. The van der Waals surface area contributed by atoms with Crippen LogP contribution in [0.3, 0.4) is 0 Å². The van der Waals surface area contributed by atoms with Crippen LogP contribution in [0.25, 0.3) is 0 Å². The van der Waals surface area contributed by atoms with E-state index in [0.717, 1.165) is 72.8 Å². The predicted molar refractivity (Wildman–Crippen MR) is 162 cm³/mol. The van der Waals surface area contributed by atoms with E-state index in [1.54, 1.807) is 0 Å². The van der Waals surface area contributed by atoms with E-state index in [1.807, 2.05) is 0 Å². The molecule has 0 saturated carbocycles. The first-order chi connectivity index (χ1) is 20.9. The van der Waals surface area contributed by atoms with E-state index >= 15 is 0 Å². The zero-order valence-corrected chi connectivity index (χ0v) is 25.9. The van der Waals surface area contributed by atoms with Gasteiger partial charge in [-0.1, -0.05) is 0 Å². The van der Waals surface area contributed by atoms with Gasteiger partial charge in [-0.05, 0) is 72.8 Å². The first kappa shape index (κ1) is 33.4. The van der Waals surface area contributed by atoms with Crippen molar-refractivity contribution in [3.05, 3.63) is 117 Å². The molecule has 4 rings (SSSR count). The summed E-state index contributed by atoms with van der Waals surface area (Å²) in [6.07, 6.45) is 0. The molecule has 236 valence electrons. The van der Waals surface area contributed by atoms with Gasteiger partial charge in [0.2, 0.25) is 19.7 Å². The Bertz CT molecular complexity index is 1930. The lowest BCUT2D eigenvalue weighted by atomic mass is 10.3. The third kappa shape index (κ3) is 7.98. The van der Waals surface area contributed by atoms with Crippen LogP contribution in [0.15, 0.2) is 117 Å². The summed E-state index contributed by atoms with van der Waals surface area (Å²) in [5, 5.41) is 26.2. The van der Waals surface area contributed by atoms with Crippen LogP contribution in [0.4, 0.5) is 22.7 Å². The highest BCUT2D eigenvalue weighted by atomic mass is 32.2. The van der Waals surface area contributed by atoms with Gasteiger partial charge in [0, 0.05) is 35.6 Å². The second kappa shape index (κ2) is 12.5. The van der Waals surface area contributed by atoms with Gasteiger partial charge in [0.15, 0.2) is 0 Å². The van der Waals surface area contributed by atoms with E-state index in [1.165, 1.54) is 24.3 Å².